The number of halogens is 3. The Morgan fingerprint density at radius 1 is 1.26 bits per heavy atom. The van der Waals surface area contributed by atoms with E-state index in [9.17, 15) is 8.78 Å². The maximum atomic E-state index is 13.6. The van der Waals surface area contributed by atoms with Crippen LogP contribution in [0, 0.1) is 11.6 Å². The van der Waals surface area contributed by atoms with Crippen LogP contribution in [0.2, 0.25) is 5.02 Å². The Labute approximate surface area is 114 Å². The number of rotatable bonds is 4. The first kappa shape index (κ1) is 13.9. The molecule has 0 aliphatic carbocycles. The number of nitrogens with zero attached hydrogens (tertiary/aromatic N) is 1. The molecule has 0 saturated heterocycles. The van der Waals surface area contributed by atoms with E-state index in [-0.39, 0.29) is 12.0 Å². The zero-order valence-electron chi connectivity index (χ0n) is 9.91. The van der Waals surface area contributed by atoms with Crippen molar-refractivity contribution >= 4 is 11.6 Å². The van der Waals surface area contributed by atoms with Crippen molar-refractivity contribution in [2.45, 2.75) is 12.5 Å². The summed E-state index contributed by atoms with van der Waals surface area (Å²) in [6.07, 6.45) is 1.66. The van der Waals surface area contributed by atoms with Gasteiger partial charge in [-0.1, -0.05) is 23.7 Å². The molecule has 100 valence electrons. The van der Waals surface area contributed by atoms with E-state index in [1.165, 1.54) is 18.3 Å². The average Bonchev–Trinajstić information content (AvgIpc) is 2.42. The van der Waals surface area contributed by atoms with Crippen LogP contribution in [0.3, 0.4) is 0 Å². The van der Waals surface area contributed by atoms with E-state index in [2.05, 4.69) is 10.4 Å². The topological polar surface area (TPSA) is 50.9 Å². The Morgan fingerprint density at radius 3 is 2.68 bits per heavy atom. The molecule has 0 saturated carbocycles. The molecule has 0 fully saturated rings. The Morgan fingerprint density at radius 2 is 2.05 bits per heavy atom. The molecule has 1 aromatic carbocycles. The van der Waals surface area contributed by atoms with Gasteiger partial charge >= 0.3 is 0 Å². The van der Waals surface area contributed by atoms with Gasteiger partial charge in [-0.2, -0.15) is 0 Å². The summed E-state index contributed by atoms with van der Waals surface area (Å²) in [5.41, 5.74) is 3.38. The fraction of sp³-hybridized carbons (Fsp3) is 0.154. The monoisotopic (exact) mass is 283 g/mol. The normalized spacial score (nSPS) is 12.4. The van der Waals surface area contributed by atoms with Crippen LogP contribution in [0.1, 0.15) is 17.3 Å². The minimum Gasteiger partial charge on any atom is -0.271 e. The van der Waals surface area contributed by atoms with Crippen LogP contribution in [0.15, 0.2) is 36.5 Å². The van der Waals surface area contributed by atoms with Crippen molar-refractivity contribution in [1.29, 1.82) is 0 Å². The van der Waals surface area contributed by atoms with Gasteiger partial charge in [-0.25, -0.2) is 8.78 Å². The van der Waals surface area contributed by atoms with E-state index >= 15 is 0 Å². The summed E-state index contributed by atoms with van der Waals surface area (Å²) in [6.45, 7) is 0. The quantitative estimate of drug-likeness (QED) is 0.670. The highest BCUT2D eigenvalue weighted by Crippen LogP contribution is 2.20. The molecule has 0 aliphatic heterocycles. The number of hydrogen-bond donors (Lipinski definition) is 2. The van der Waals surface area contributed by atoms with Crippen molar-refractivity contribution in [2.75, 3.05) is 0 Å². The lowest BCUT2D eigenvalue weighted by atomic mass is 10.0. The van der Waals surface area contributed by atoms with E-state index in [0.717, 1.165) is 6.07 Å². The van der Waals surface area contributed by atoms with Crippen molar-refractivity contribution in [2.24, 2.45) is 5.84 Å². The van der Waals surface area contributed by atoms with Gasteiger partial charge < -0.3 is 0 Å². The molecule has 3 nitrogen and oxygen atoms in total. The van der Waals surface area contributed by atoms with Gasteiger partial charge in [-0.05, 0) is 30.2 Å². The second-order valence-corrected chi connectivity index (χ2v) is 4.47. The maximum absolute atomic E-state index is 13.6. The van der Waals surface area contributed by atoms with Gasteiger partial charge in [-0.15, -0.1) is 0 Å². The Bertz CT molecular complexity index is 560. The van der Waals surface area contributed by atoms with Gasteiger partial charge in [0, 0.05) is 6.20 Å². The van der Waals surface area contributed by atoms with Crippen molar-refractivity contribution in [3.63, 3.8) is 0 Å². The summed E-state index contributed by atoms with van der Waals surface area (Å²) in [5, 5.41) is 0.497. The Balaban J connectivity index is 2.24. The number of benzene rings is 1. The summed E-state index contributed by atoms with van der Waals surface area (Å²) in [5.74, 6) is 3.70. The fourth-order valence-corrected chi connectivity index (χ4v) is 1.88. The summed E-state index contributed by atoms with van der Waals surface area (Å²) in [6, 6.07) is 6.97. The first-order valence-corrected chi connectivity index (χ1v) is 6.00. The van der Waals surface area contributed by atoms with E-state index in [4.69, 9.17) is 17.4 Å². The SMILES string of the molecule is NNC(Cc1cccc(F)c1F)c1ccc(Cl)cn1. The Kier molecular flexibility index (Phi) is 4.42. The van der Waals surface area contributed by atoms with Gasteiger partial charge in [0.25, 0.3) is 0 Å². The summed E-state index contributed by atoms with van der Waals surface area (Å²) < 4.78 is 26.7. The Hall–Kier alpha value is -1.56. The second kappa shape index (κ2) is 6.06. The van der Waals surface area contributed by atoms with E-state index < -0.39 is 17.7 Å². The van der Waals surface area contributed by atoms with E-state index in [1.807, 2.05) is 0 Å². The molecule has 3 N–H and O–H groups in total. The highest BCUT2D eigenvalue weighted by atomic mass is 35.5. The zero-order chi connectivity index (χ0) is 13.8. The molecule has 6 heteroatoms. The maximum Gasteiger partial charge on any atom is 0.162 e. The summed E-state index contributed by atoms with van der Waals surface area (Å²) in [7, 11) is 0. The predicted octanol–water partition coefficient (Wildman–Crippen LogP) is 2.76. The summed E-state index contributed by atoms with van der Waals surface area (Å²) >= 11 is 5.74. The zero-order valence-corrected chi connectivity index (χ0v) is 10.7. The van der Waals surface area contributed by atoms with Crippen LogP contribution < -0.4 is 11.3 Å². The summed E-state index contributed by atoms with van der Waals surface area (Å²) in [4.78, 5) is 4.11. The standard InChI is InChI=1S/C13H12ClF2N3/c14-9-4-5-11(18-7-9)12(19-17)6-8-2-1-3-10(15)13(8)16/h1-5,7,12,19H,6,17H2. The van der Waals surface area contributed by atoms with Crippen molar-refractivity contribution < 1.29 is 8.78 Å². The lowest BCUT2D eigenvalue weighted by Gasteiger charge is -2.16. The lowest BCUT2D eigenvalue weighted by Crippen LogP contribution is -2.30. The van der Waals surface area contributed by atoms with Crippen LogP contribution in [0.25, 0.3) is 0 Å². The van der Waals surface area contributed by atoms with Crippen molar-refractivity contribution in [3.8, 4) is 0 Å². The smallest absolute Gasteiger partial charge is 0.162 e. The number of nitrogens with one attached hydrogen (secondary N) is 1. The third kappa shape index (κ3) is 3.26. The highest BCUT2D eigenvalue weighted by Gasteiger charge is 2.16. The van der Waals surface area contributed by atoms with Crippen LogP contribution in [0.5, 0.6) is 0 Å². The van der Waals surface area contributed by atoms with Gasteiger partial charge in [0.1, 0.15) is 0 Å². The molecule has 0 bridgehead atoms. The van der Waals surface area contributed by atoms with Gasteiger partial charge in [0.15, 0.2) is 11.6 Å². The molecule has 19 heavy (non-hydrogen) atoms. The number of pyridine rings is 1. The van der Waals surface area contributed by atoms with Gasteiger partial charge in [-0.3, -0.25) is 16.3 Å². The molecular formula is C13H12ClF2N3. The van der Waals surface area contributed by atoms with Crippen molar-refractivity contribution in [3.05, 3.63) is 64.4 Å². The van der Waals surface area contributed by atoms with E-state index in [0.29, 0.717) is 10.7 Å². The highest BCUT2D eigenvalue weighted by molar-refractivity contribution is 6.30. The number of aromatic nitrogens is 1. The number of nitrogens with two attached hydrogens (primary N) is 1. The number of hydrogen-bond acceptors (Lipinski definition) is 3. The predicted molar refractivity (Wildman–Crippen MR) is 69.4 cm³/mol. The molecule has 0 amide bonds. The molecule has 0 radical (unpaired) electrons. The van der Waals surface area contributed by atoms with E-state index in [1.54, 1.807) is 12.1 Å². The van der Waals surface area contributed by atoms with Crippen LogP contribution in [0.4, 0.5) is 8.78 Å². The largest absolute Gasteiger partial charge is 0.271 e. The second-order valence-electron chi connectivity index (χ2n) is 4.04. The molecule has 2 rings (SSSR count). The molecule has 1 atom stereocenters. The van der Waals surface area contributed by atoms with Crippen molar-refractivity contribution in [1.82, 2.24) is 10.4 Å². The molecule has 2 aromatic rings. The molecule has 1 aromatic heterocycles. The van der Waals surface area contributed by atoms with Crippen LogP contribution in [-0.2, 0) is 6.42 Å². The third-order valence-electron chi connectivity index (χ3n) is 2.76. The molecule has 0 spiro atoms. The molecule has 0 aliphatic rings. The van der Waals surface area contributed by atoms with Gasteiger partial charge in [0.2, 0.25) is 0 Å². The first-order valence-electron chi connectivity index (χ1n) is 5.62. The molecular weight excluding hydrogens is 272 g/mol. The van der Waals surface area contributed by atoms with Crippen LogP contribution in [-0.4, -0.2) is 4.98 Å². The molecule has 1 heterocycles. The third-order valence-corrected chi connectivity index (χ3v) is 2.99. The minimum atomic E-state index is -0.877. The minimum absolute atomic E-state index is 0.189. The first-order chi connectivity index (χ1) is 9.11. The van der Waals surface area contributed by atoms with Crippen LogP contribution >= 0.6 is 11.6 Å². The average molecular weight is 284 g/mol. The fourth-order valence-electron chi connectivity index (χ4n) is 1.77. The van der Waals surface area contributed by atoms with Gasteiger partial charge in [0.05, 0.1) is 16.8 Å². The lowest BCUT2D eigenvalue weighted by molar-refractivity contribution is 0.478. The number of hydrazine groups is 1. The molecule has 1 unspecified atom stereocenters.